The van der Waals surface area contributed by atoms with E-state index in [2.05, 4.69) is 21.3 Å². The number of rotatable bonds is 0. The van der Waals surface area contributed by atoms with Crippen LogP contribution in [0.4, 0.5) is 9.59 Å². The van der Waals surface area contributed by atoms with Gasteiger partial charge in [0.05, 0.1) is 0 Å². The molecule has 0 saturated carbocycles. The number of fused-ring (bicyclic) bond motifs is 2. The quantitative estimate of drug-likeness (QED) is 0.350. The van der Waals surface area contributed by atoms with Crippen LogP contribution in [0.2, 0.25) is 0 Å². The van der Waals surface area contributed by atoms with Crippen LogP contribution in [0.25, 0.3) is 0 Å². The molecule has 4 amide bonds. The zero-order valence-electron chi connectivity index (χ0n) is 5.68. The molecule has 0 radical (unpaired) electrons. The number of hydrogen-bond donors (Lipinski definition) is 4. The summed E-state index contributed by atoms with van der Waals surface area (Å²) >= 11 is 0. The van der Waals surface area contributed by atoms with E-state index in [1.54, 1.807) is 0 Å². The third kappa shape index (κ3) is 1.06. The van der Waals surface area contributed by atoms with Gasteiger partial charge in [-0.1, -0.05) is 0 Å². The predicted octanol–water partition coefficient (Wildman–Crippen LogP) is -1.35. The van der Waals surface area contributed by atoms with E-state index in [0.29, 0.717) is 6.42 Å². The van der Waals surface area contributed by atoms with Crippen molar-refractivity contribution in [2.75, 3.05) is 0 Å². The molecule has 0 unspecified atom stereocenters. The molecule has 0 spiro atoms. The maximum atomic E-state index is 10.8. The average molecular weight is 156 g/mol. The zero-order chi connectivity index (χ0) is 7.84. The molecule has 6 nitrogen and oxygen atoms in total. The summed E-state index contributed by atoms with van der Waals surface area (Å²) in [6.07, 6.45) is 0.238. The van der Waals surface area contributed by atoms with Crippen molar-refractivity contribution in [3.8, 4) is 0 Å². The van der Waals surface area contributed by atoms with Gasteiger partial charge in [-0.2, -0.15) is 0 Å². The van der Waals surface area contributed by atoms with E-state index >= 15 is 0 Å². The molecule has 4 N–H and O–H groups in total. The van der Waals surface area contributed by atoms with Crippen molar-refractivity contribution in [1.82, 2.24) is 21.3 Å². The summed E-state index contributed by atoms with van der Waals surface area (Å²) in [7, 11) is 0. The fourth-order valence-electron chi connectivity index (χ4n) is 1.26. The Morgan fingerprint density at radius 1 is 0.909 bits per heavy atom. The summed E-state index contributed by atoms with van der Waals surface area (Å²) < 4.78 is 0. The molecular formula is C5H8N4O2. The van der Waals surface area contributed by atoms with Gasteiger partial charge in [0.25, 0.3) is 0 Å². The second-order valence-electron chi connectivity index (χ2n) is 2.58. The first-order valence-corrected chi connectivity index (χ1v) is 3.38. The van der Waals surface area contributed by atoms with Crippen LogP contribution in [0.15, 0.2) is 0 Å². The molecule has 2 fully saturated rings. The molecule has 0 aromatic heterocycles. The first-order valence-electron chi connectivity index (χ1n) is 3.38. The van der Waals surface area contributed by atoms with E-state index in [-0.39, 0.29) is 24.4 Å². The van der Waals surface area contributed by atoms with Crippen molar-refractivity contribution in [3.63, 3.8) is 0 Å². The molecule has 2 heterocycles. The lowest BCUT2D eigenvalue weighted by Gasteiger charge is -2.36. The highest BCUT2D eigenvalue weighted by Crippen LogP contribution is 2.03. The Hall–Kier alpha value is -1.46. The molecular weight excluding hydrogens is 148 g/mol. The number of urea groups is 2. The van der Waals surface area contributed by atoms with E-state index in [4.69, 9.17) is 0 Å². The van der Waals surface area contributed by atoms with Gasteiger partial charge in [0.2, 0.25) is 0 Å². The largest absolute Gasteiger partial charge is 0.318 e. The molecule has 2 bridgehead atoms. The van der Waals surface area contributed by atoms with E-state index in [1.807, 2.05) is 0 Å². The summed E-state index contributed by atoms with van der Waals surface area (Å²) in [6, 6.07) is -0.502. The van der Waals surface area contributed by atoms with Crippen LogP contribution in [0.3, 0.4) is 0 Å². The van der Waals surface area contributed by atoms with Gasteiger partial charge >= 0.3 is 12.1 Å². The Morgan fingerprint density at radius 3 is 1.64 bits per heavy atom. The maximum Gasteiger partial charge on any atom is 0.318 e. The van der Waals surface area contributed by atoms with Gasteiger partial charge in [-0.25, -0.2) is 9.59 Å². The van der Waals surface area contributed by atoms with Gasteiger partial charge in [0.1, 0.15) is 12.3 Å². The molecule has 2 aliphatic heterocycles. The maximum absolute atomic E-state index is 10.8. The van der Waals surface area contributed by atoms with Crippen molar-refractivity contribution in [3.05, 3.63) is 0 Å². The number of carbonyl (C=O) groups is 2. The lowest BCUT2D eigenvalue weighted by molar-refractivity contribution is 0.180. The lowest BCUT2D eigenvalue weighted by Crippen LogP contribution is -2.70. The Labute approximate surface area is 62.7 Å². The highest BCUT2D eigenvalue weighted by molar-refractivity contribution is 5.81. The van der Waals surface area contributed by atoms with Gasteiger partial charge in [-0.05, 0) is 0 Å². The molecule has 2 aliphatic rings. The summed E-state index contributed by atoms with van der Waals surface area (Å²) in [4.78, 5) is 21.5. The van der Waals surface area contributed by atoms with Crippen molar-refractivity contribution < 1.29 is 9.59 Å². The van der Waals surface area contributed by atoms with Crippen molar-refractivity contribution in [2.45, 2.75) is 18.8 Å². The Morgan fingerprint density at radius 2 is 1.27 bits per heavy atom. The third-order valence-electron chi connectivity index (χ3n) is 1.69. The van der Waals surface area contributed by atoms with Gasteiger partial charge in [-0.3, -0.25) is 0 Å². The standard InChI is InChI=1S/C5H8N4O2/c10-4-6-2-1-3(8-4)9-5(11)7-2/h2-3H,1H2,(H2,6,8,10)(H2,7,9,11). The third-order valence-corrected chi connectivity index (χ3v) is 1.69. The van der Waals surface area contributed by atoms with Gasteiger partial charge < -0.3 is 21.3 Å². The van der Waals surface area contributed by atoms with Crippen LogP contribution in [0, 0.1) is 0 Å². The molecule has 0 aromatic carbocycles. The van der Waals surface area contributed by atoms with E-state index < -0.39 is 0 Å². The minimum Gasteiger partial charge on any atom is -0.318 e. The minimum atomic E-state index is -0.251. The van der Waals surface area contributed by atoms with Crippen molar-refractivity contribution in [1.29, 1.82) is 0 Å². The number of hydrogen-bond acceptors (Lipinski definition) is 2. The highest BCUT2D eigenvalue weighted by Gasteiger charge is 2.31. The SMILES string of the molecule is O=C1NC2CC(N1)NC(=O)N2. The second-order valence-corrected chi connectivity index (χ2v) is 2.58. The summed E-state index contributed by atoms with van der Waals surface area (Å²) in [5.74, 6) is 0. The Kier molecular flexibility index (Phi) is 1.14. The van der Waals surface area contributed by atoms with E-state index in [0.717, 1.165) is 0 Å². The summed E-state index contributed by atoms with van der Waals surface area (Å²) in [5, 5.41) is 10.2. The number of carbonyl (C=O) groups excluding carboxylic acids is 2. The zero-order valence-corrected chi connectivity index (χ0v) is 5.68. The topological polar surface area (TPSA) is 82.3 Å². The first-order chi connectivity index (χ1) is 5.24. The second kappa shape index (κ2) is 2.01. The molecule has 2 rings (SSSR count). The van der Waals surface area contributed by atoms with Crippen molar-refractivity contribution in [2.24, 2.45) is 0 Å². The summed E-state index contributed by atoms with van der Waals surface area (Å²) in [6.45, 7) is 0. The molecule has 0 aliphatic carbocycles. The van der Waals surface area contributed by atoms with Gasteiger partial charge in [0, 0.05) is 6.42 Å². The number of amides is 4. The summed E-state index contributed by atoms with van der Waals surface area (Å²) in [5.41, 5.74) is 0. The van der Waals surface area contributed by atoms with Crippen LogP contribution in [-0.4, -0.2) is 24.4 Å². The van der Waals surface area contributed by atoms with Crippen LogP contribution < -0.4 is 21.3 Å². The van der Waals surface area contributed by atoms with Gasteiger partial charge in [0.15, 0.2) is 0 Å². The van der Waals surface area contributed by atoms with Gasteiger partial charge in [-0.15, -0.1) is 0 Å². The molecule has 60 valence electrons. The molecule has 2 saturated heterocycles. The fraction of sp³-hybridized carbons (Fsp3) is 0.600. The Balaban J connectivity index is 2.11. The Bertz CT molecular complexity index is 179. The van der Waals surface area contributed by atoms with E-state index in [1.165, 1.54) is 0 Å². The molecule has 6 heteroatoms. The molecule has 0 atom stereocenters. The normalized spacial score (nSPS) is 34.5. The monoisotopic (exact) mass is 156 g/mol. The smallest absolute Gasteiger partial charge is 0.318 e. The highest BCUT2D eigenvalue weighted by atomic mass is 16.2. The fourth-order valence-corrected chi connectivity index (χ4v) is 1.26. The average Bonchev–Trinajstić information content (AvgIpc) is 1.82. The molecule has 11 heavy (non-hydrogen) atoms. The first kappa shape index (κ1) is 6.26. The lowest BCUT2D eigenvalue weighted by atomic mass is 10.2. The van der Waals surface area contributed by atoms with E-state index in [9.17, 15) is 9.59 Å². The van der Waals surface area contributed by atoms with Crippen LogP contribution in [0.1, 0.15) is 6.42 Å². The van der Waals surface area contributed by atoms with Crippen LogP contribution >= 0.6 is 0 Å². The number of nitrogens with one attached hydrogen (secondary N) is 4. The predicted molar refractivity (Wildman–Crippen MR) is 35.5 cm³/mol. The van der Waals surface area contributed by atoms with Crippen molar-refractivity contribution >= 4 is 12.1 Å². The molecule has 0 aromatic rings. The van der Waals surface area contributed by atoms with Crippen LogP contribution in [0.5, 0.6) is 0 Å². The minimum absolute atomic E-state index is 0.220. The van der Waals surface area contributed by atoms with Crippen LogP contribution in [-0.2, 0) is 0 Å².